The highest BCUT2D eigenvalue weighted by molar-refractivity contribution is 6.36. The van der Waals surface area contributed by atoms with E-state index in [0.29, 0.717) is 22.2 Å². The van der Waals surface area contributed by atoms with Crippen LogP contribution < -0.4 is 10.3 Å². The molecule has 2 aromatic carbocycles. The van der Waals surface area contributed by atoms with Crippen LogP contribution in [0, 0.1) is 12.8 Å². The average molecular weight is 390 g/mol. The number of hydrogen-bond acceptors (Lipinski definition) is 3. The lowest BCUT2D eigenvalue weighted by atomic mass is 10.1. The van der Waals surface area contributed by atoms with Gasteiger partial charge in [-0.2, -0.15) is 5.10 Å². The van der Waals surface area contributed by atoms with Crippen LogP contribution in [-0.4, -0.2) is 24.6 Å². The van der Waals surface area contributed by atoms with E-state index in [1.54, 1.807) is 23.1 Å². The zero-order chi connectivity index (χ0) is 18.7. The first-order chi connectivity index (χ1) is 12.4. The maximum atomic E-state index is 12.3. The van der Waals surface area contributed by atoms with Crippen molar-refractivity contribution in [2.75, 3.05) is 11.4 Å². The molecule has 7 heteroatoms. The van der Waals surface area contributed by atoms with Crippen molar-refractivity contribution in [1.29, 1.82) is 0 Å². The van der Waals surface area contributed by atoms with E-state index in [-0.39, 0.29) is 18.2 Å². The molecule has 1 fully saturated rings. The predicted octanol–water partition coefficient (Wildman–Crippen LogP) is 3.81. The Morgan fingerprint density at radius 2 is 1.96 bits per heavy atom. The largest absolute Gasteiger partial charge is 0.312 e. The number of benzene rings is 2. The number of anilines is 1. The molecule has 2 amide bonds. The normalized spacial score (nSPS) is 17.1. The molecular formula is C19H17Cl2N3O2. The van der Waals surface area contributed by atoms with Crippen molar-refractivity contribution >= 4 is 46.9 Å². The molecule has 1 heterocycles. The first-order valence-corrected chi connectivity index (χ1v) is 8.84. The van der Waals surface area contributed by atoms with E-state index in [1.165, 1.54) is 6.21 Å². The van der Waals surface area contributed by atoms with Crippen LogP contribution in [0.4, 0.5) is 5.69 Å². The van der Waals surface area contributed by atoms with Crippen molar-refractivity contribution in [3.8, 4) is 0 Å². The summed E-state index contributed by atoms with van der Waals surface area (Å²) in [5.74, 6) is -0.810. The van der Waals surface area contributed by atoms with E-state index in [0.717, 1.165) is 11.3 Å². The zero-order valence-electron chi connectivity index (χ0n) is 14.1. The van der Waals surface area contributed by atoms with E-state index in [4.69, 9.17) is 23.2 Å². The molecule has 1 N–H and O–H groups in total. The second-order valence-corrected chi connectivity index (χ2v) is 6.98. The van der Waals surface area contributed by atoms with Crippen LogP contribution in [0.2, 0.25) is 10.0 Å². The lowest BCUT2D eigenvalue weighted by Crippen LogP contribution is -2.30. The number of hydrazone groups is 1. The van der Waals surface area contributed by atoms with Gasteiger partial charge in [-0.25, -0.2) is 5.43 Å². The van der Waals surface area contributed by atoms with Crippen molar-refractivity contribution < 1.29 is 9.59 Å². The van der Waals surface area contributed by atoms with Crippen molar-refractivity contribution in [2.45, 2.75) is 13.3 Å². The molecule has 0 saturated carbocycles. The van der Waals surface area contributed by atoms with Crippen molar-refractivity contribution in [3.05, 3.63) is 63.6 Å². The average Bonchev–Trinajstić information content (AvgIpc) is 2.99. The van der Waals surface area contributed by atoms with E-state index < -0.39 is 5.92 Å². The highest BCUT2D eigenvalue weighted by Gasteiger charge is 2.35. The van der Waals surface area contributed by atoms with Gasteiger partial charge < -0.3 is 4.90 Å². The summed E-state index contributed by atoms with van der Waals surface area (Å²) in [4.78, 5) is 26.1. The SMILES string of the molecule is Cc1ccc(N2C[C@H](C(=O)N/N=C/c3ccc(Cl)cc3Cl)CC2=O)cc1. The van der Waals surface area contributed by atoms with Gasteiger partial charge >= 0.3 is 0 Å². The lowest BCUT2D eigenvalue weighted by molar-refractivity contribution is -0.126. The van der Waals surface area contributed by atoms with Crippen molar-refractivity contribution in [2.24, 2.45) is 11.0 Å². The summed E-state index contributed by atoms with van der Waals surface area (Å²) < 4.78 is 0. The monoisotopic (exact) mass is 389 g/mol. The summed E-state index contributed by atoms with van der Waals surface area (Å²) in [6.45, 7) is 2.32. The molecule has 0 radical (unpaired) electrons. The fourth-order valence-corrected chi connectivity index (χ4v) is 3.18. The molecule has 1 aliphatic heterocycles. The molecule has 5 nitrogen and oxygen atoms in total. The third-order valence-corrected chi connectivity index (χ3v) is 4.74. The van der Waals surface area contributed by atoms with Gasteiger partial charge in [0.05, 0.1) is 17.2 Å². The predicted molar refractivity (Wildman–Crippen MR) is 104 cm³/mol. The summed E-state index contributed by atoms with van der Waals surface area (Å²) in [6.07, 6.45) is 1.61. The molecule has 0 spiro atoms. The first kappa shape index (κ1) is 18.4. The molecule has 1 saturated heterocycles. The summed E-state index contributed by atoms with van der Waals surface area (Å²) in [7, 11) is 0. The minimum absolute atomic E-state index is 0.0706. The fourth-order valence-electron chi connectivity index (χ4n) is 2.72. The Labute approximate surface area is 161 Å². The van der Waals surface area contributed by atoms with Gasteiger partial charge in [-0.15, -0.1) is 0 Å². The number of carbonyl (C=O) groups excluding carboxylic acids is 2. The quantitative estimate of drug-likeness (QED) is 0.638. The molecule has 1 atom stereocenters. The number of halogens is 2. The minimum atomic E-state index is -0.443. The molecule has 0 aliphatic carbocycles. The van der Waals surface area contributed by atoms with Gasteiger partial charge in [0.25, 0.3) is 0 Å². The molecule has 134 valence electrons. The van der Waals surface area contributed by atoms with Gasteiger partial charge in [-0.05, 0) is 31.2 Å². The number of carbonyl (C=O) groups is 2. The molecule has 26 heavy (non-hydrogen) atoms. The maximum absolute atomic E-state index is 12.3. The Morgan fingerprint density at radius 3 is 2.65 bits per heavy atom. The summed E-state index contributed by atoms with van der Waals surface area (Å²) >= 11 is 11.9. The topological polar surface area (TPSA) is 61.8 Å². The van der Waals surface area contributed by atoms with Gasteiger partial charge in [0.1, 0.15) is 0 Å². The minimum Gasteiger partial charge on any atom is -0.312 e. The van der Waals surface area contributed by atoms with Crippen LogP contribution in [0.15, 0.2) is 47.6 Å². The Balaban J connectivity index is 1.61. The van der Waals surface area contributed by atoms with Crippen LogP contribution in [0.25, 0.3) is 0 Å². The first-order valence-electron chi connectivity index (χ1n) is 8.09. The Hall–Kier alpha value is -2.37. The number of nitrogens with zero attached hydrogens (tertiary/aromatic N) is 2. The number of aryl methyl sites for hydroxylation is 1. The number of amides is 2. The van der Waals surface area contributed by atoms with E-state index in [2.05, 4.69) is 10.5 Å². The molecule has 0 aromatic heterocycles. The summed E-state index contributed by atoms with van der Waals surface area (Å²) in [6, 6.07) is 12.6. The summed E-state index contributed by atoms with van der Waals surface area (Å²) in [5.41, 5.74) is 5.03. The standard InChI is InChI=1S/C19H17Cl2N3O2/c1-12-2-6-16(7-3-12)24-11-14(8-18(24)25)19(26)23-22-10-13-4-5-15(20)9-17(13)21/h2-7,9-10,14H,8,11H2,1H3,(H,23,26)/b22-10+/t14-/m1/s1. The highest BCUT2D eigenvalue weighted by Crippen LogP contribution is 2.25. The van der Waals surface area contributed by atoms with Gasteiger partial charge in [-0.1, -0.05) is 47.0 Å². The Bertz CT molecular complexity index is 866. The third-order valence-electron chi connectivity index (χ3n) is 4.18. The van der Waals surface area contributed by atoms with Gasteiger partial charge in [0, 0.05) is 29.2 Å². The maximum Gasteiger partial charge on any atom is 0.245 e. The van der Waals surface area contributed by atoms with Crippen LogP contribution in [-0.2, 0) is 9.59 Å². The second-order valence-electron chi connectivity index (χ2n) is 6.14. The third kappa shape index (κ3) is 4.23. The van der Waals surface area contributed by atoms with Crippen LogP contribution in [0.1, 0.15) is 17.5 Å². The van der Waals surface area contributed by atoms with E-state index >= 15 is 0 Å². The highest BCUT2D eigenvalue weighted by atomic mass is 35.5. The van der Waals surface area contributed by atoms with Crippen LogP contribution >= 0.6 is 23.2 Å². The van der Waals surface area contributed by atoms with Gasteiger partial charge in [0.15, 0.2) is 0 Å². The molecule has 1 aliphatic rings. The smallest absolute Gasteiger partial charge is 0.245 e. The zero-order valence-corrected chi connectivity index (χ0v) is 15.6. The van der Waals surface area contributed by atoms with Gasteiger partial charge in [0.2, 0.25) is 11.8 Å². The molecule has 0 bridgehead atoms. The molecule has 2 aromatic rings. The molecular weight excluding hydrogens is 373 g/mol. The number of rotatable bonds is 4. The van der Waals surface area contributed by atoms with Gasteiger partial charge in [-0.3, -0.25) is 9.59 Å². The van der Waals surface area contributed by atoms with Crippen LogP contribution in [0.5, 0.6) is 0 Å². The number of hydrogen-bond donors (Lipinski definition) is 1. The lowest BCUT2D eigenvalue weighted by Gasteiger charge is -2.16. The van der Waals surface area contributed by atoms with Crippen molar-refractivity contribution in [3.63, 3.8) is 0 Å². The molecule has 3 rings (SSSR count). The van der Waals surface area contributed by atoms with E-state index in [1.807, 2.05) is 31.2 Å². The van der Waals surface area contributed by atoms with E-state index in [9.17, 15) is 9.59 Å². The summed E-state index contributed by atoms with van der Waals surface area (Å²) in [5, 5.41) is 4.90. The fraction of sp³-hybridized carbons (Fsp3) is 0.211. The van der Waals surface area contributed by atoms with Crippen molar-refractivity contribution in [1.82, 2.24) is 5.43 Å². The Morgan fingerprint density at radius 1 is 1.23 bits per heavy atom. The second kappa shape index (κ2) is 7.89. The molecule has 0 unspecified atom stereocenters. The van der Waals surface area contributed by atoms with Crippen LogP contribution in [0.3, 0.4) is 0 Å². The number of nitrogens with one attached hydrogen (secondary N) is 1. The Kier molecular flexibility index (Phi) is 5.59.